The van der Waals surface area contributed by atoms with Crippen molar-refractivity contribution in [3.05, 3.63) is 52.6 Å². The van der Waals surface area contributed by atoms with Gasteiger partial charge in [0, 0.05) is 12.0 Å². The van der Waals surface area contributed by atoms with Crippen LogP contribution in [0.2, 0.25) is 0 Å². The number of allylic oxidation sites excluding steroid dienone is 1. The van der Waals surface area contributed by atoms with Crippen LogP contribution in [-0.4, -0.2) is 23.4 Å². The van der Waals surface area contributed by atoms with Crippen LogP contribution in [0.4, 0.5) is 0 Å². The van der Waals surface area contributed by atoms with Gasteiger partial charge in [0.05, 0.1) is 5.56 Å². The van der Waals surface area contributed by atoms with Crippen molar-refractivity contribution in [1.82, 2.24) is 0 Å². The number of carbonyl (C=O) groups is 3. The first-order valence-corrected chi connectivity index (χ1v) is 7.08. The number of carbonyl (C=O) groups excluding carboxylic acids is 3. The van der Waals surface area contributed by atoms with Crippen LogP contribution < -0.4 is 5.73 Å². The number of esters is 2. The van der Waals surface area contributed by atoms with Crippen molar-refractivity contribution < 1.29 is 23.9 Å². The summed E-state index contributed by atoms with van der Waals surface area (Å²) in [6.45, 7) is 3.46. The van der Waals surface area contributed by atoms with Gasteiger partial charge in [-0.1, -0.05) is 18.2 Å². The first kappa shape index (κ1) is 15.0. The van der Waals surface area contributed by atoms with Crippen LogP contribution in [0.5, 0.6) is 0 Å². The number of rotatable bonds is 2. The Bertz CT molecular complexity index is 801. The zero-order chi connectivity index (χ0) is 16.8. The maximum atomic E-state index is 12.0. The third kappa shape index (κ3) is 2.63. The van der Waals surface area contributed by atoms with Gasteiger partial charge < -0.3 is 15.2 Å². The molecule has 0 aromatic heterocycles. The second-order valence-corrected chi connectivity index (χ2v) is 6.03. The lowest BCUT2D eigenvalue weighted by molar-refractivity contribution is -0.154. The fourth-order valence-electron chi connectivity index (χ4n) is 2.75. The molecule has 0 bridgehead atoms. The number of fused-ring (bicyclic) bond motifs is 1. The van der Waals surface area contributed by atoms with Crippen molar-refractivity contribution in [2.24, 2.45) is 5.73 Å². The largest absolute Gasteiger partial charge is 0.456 e. The van der Waals surface area contributed by atoms with Crippen LogP contribution in [0, 0.1) is 0 Å². The first-order chi connectivity index (χ1) is 10.8. The summed E-state index contributed by atoms with van der Waals surface area (Å²) in [6.07, 6.45) is 1.81. The second-order valence-electron chi connectivity index (χ2n) is 6.03. The van der Waals surface area contributed by atoms with E-state index in [-0.39, 0.29) is 5.57 Å². The van der Waals surface area contributed by atoms with Gasteiger partial charge in [-0.25, -0.2) is 9.59 Å². The van der Waals surface area contributed by atoms with E-state index in [9.17, 15) is 14.4 Å². The van der Waals surface area contributed by atoms with Crippen LogP contribution in [0.15, 0.2) is 41.5 Å². The Labute approximate surface area is 132 Å². The first-order valence-electron chi connectivity index (χ1n) is 7.08. The predicted octanol–water partition coefficient (Wildman–Crippen LogP) is 1.71. The molecular weight excluding hydrogens is 298 g/mol. The summed E-state index contributed by atoms with van der Waals surface area (Å²) in [5, 5.41) is 0. The van der Waals surface area contributed by atoms with Crippen LogP contribution in [0.3, 0.4) is 0 Å². The Morgan fingerprint density at radius 1 is 1.17 bits per heavy atom. The summed E-state index contributed by atoms with van der Waals surface area (Å²) in [5.74, 6) is -1.80. The molecule has 2 N–H and O–H groups in total. The highest BCUT2D eigenvalue weighted by molar-refractivity contribution is 6.17. The molecule has 0 saturated heterocycles. The molecule has 23 heavy (non-hydrogen) atoms. The molecular formula is C17H15NO5. The minimum Gasteiger partial charge on any atom is -0.456 e. The Balaban J connectivity index is 2.13. The van der Waals surface area contributed by atoms with Crippen LogP contribution in [0.25, 0.3) is 5.76 Å². The Morgan fingerprint density at radius 2 is 1.83 bits per heavy atom. The van der Waals surface area contributed by atoms with Crippen LogP contribution in [0.1, 0.15) is 36.2 Å². The van der Waals surface area contributed by atoms with Gasteiger partial charge in [0.25, 0.3) is 5.91 Å². The molecule has 1 amide bonds. The van der Waals surface area contributed by atoms with Gasteiger partial charge in [0.1, 0.15) is 16.9 Å². The highest BCUT2D eigenvalue weighted by Crippen LogP contribution is 2.35. The molecule has 0 radical (unpaired) electrons. The van der Waals surface area contributed by atoms with E-state index in [2.05, 4.69) is 0 Å². The van der Waals surface area contributed by atoms with Gasteiger partial charge in [0.2, 0.25) is 0 Å². The monoisotopic (exact) mass is 313 g/mol. The number of benzene rings is 1. The number of cyclic esters (lactones) is 2. The third-order valence-electron chi connectivity index (χ3n) is 3.68. The van der Waals surface area contributed by atoms with E-state index >= 15 is 0 Å². The Hall–Kier alpha value is -2.89. The summed E-state index contributed by atoms with van der Waals surface area (Å²) in [7, 11) is 0. The molecule has 0 saturated carbocycles. The average Bonchev–Trinajstić information content (AvgIpc) is 2.74. The molecule has 6 heteroatoms. The minimum absolute atomic E-state index is 0.211. The zero-order valence-electron chi connectivity index (χ0n) is 12.7. The number of primary amides is 1. The smallest absolute Gasteiger partial charge is 0.344 e. The van der Waals surface area contributed by atoms with Crippen molar-refractivity contribution in [3.63, 3.8) is 0 Å². The summed E-state index contributed by atoms with van der Waals surface area (Å²) in [6, 6.07) is 6.90. The topological polar surface area (TPSA) is 95.7 Å². The third-order valence-corrected chi connectivity index (χ3v) is 3.68. The SMILES string of the molecule is CC1(C)CC(/C=C2/OC(=O)c3ccccc32)=C(C(N)=O)C(=O)O1. The Morgan fingerprint density at radius 3 is 2.48 bits per heavy atom. The molecule has 2 aliphatic heterocycles. The lowest BCUT2D eigenvalue weighted by Gasteiger charge is -2.31. The van der Waals surface area contributed by atoms with E-state index in [1.54, 1.807) is 38.1 Å². The quantitative estimate of drug-likeness (QED) is 0.662. The van der Waals surface area contributed by atoms with E-state index in [4.69, 9.17) is 15.2 Å². The Kier molecular flexibility index (Phi) is 3.32. The standard InChI is InChI=1S/C17H15NO5/c1-17(2)8-9(13(14(18)19)16(21)23-17)7-12-10-5-3-4-6-11(10)15(20)22-12/h3-7H,8H2,1-2H3,(H2,18,19)/b12-7+. The number of ether oxygens (including phenoxy) is 2. The van der Waals surface area contributed by atoms with Gasteiger partial charge in [-0.2, -0.15) is 0 Å². The van der Waals surface area contributed by atoms with Crippen LogP contribution >= 0.6 is 0 Å². The van der Waals surface area contributed by atoms with Crippen molar-refractivity contribution >= 4 is 23.6 Å². The molecule has 6 nitrogen and oxygen atoms in total. The fourth-order valence-corrected chi connectivity index (χ4v) is 2.75. The molecule has 3 rings (SSSR count). The number of nitrogens with two attached hydrogens (primary N) is 1. The van der Waals surface area contributed by atoms with Gasteiger partial charge >= 0.3 is 11.9 Å². The molecule has 2 heterocycles. The maximum Gasteiger partial charge on any atom is 0.344 e. The minimum atomic E-state index is -0.866. The maximum absolute atomic E-state index is 12.0. The van der Waals surface area contributed by atoms with Crippen molar-refractivity contribution in [2.45, 2.75) is 25.9 Å². The second kappa shape index (κ2) is 5.08. The van der Waals surface area contributed by atoms with Crippen molar-refractivity contribution in [2.75, 3.05) is 0 Å². The van der Waals surface area contributed by atoms with E-state index < -0.39 is 23.4 Å². The summed E-state index contributed by atoms with van der Waals surface area (Å²) >= 11 is 0. The molecule has 118 valence electrons. The lowest BCUT2D eigenvalue weighted by atomic mass is 9.90. The summed E-state index contributed by atoms with van der Waals surface area (Å²) in [4.78, 5) is 35.5. The van der Waals surface area contributed by atoms with E-state index in [0.29, 0.717) is 28.9 Å². The predicted molar refractivity (Wildman–Crippen MR) is 80.8 cm³/mol. The molecule has 1 aromatic rings. The number of amides is 1. The van der Waals surface area contributed by atoms with Gasteiger partial charge in [-0.15, -0.1) is 0 Å². The van der Waals surface area contributed by atoms with Gasteiger partial charge in [-0.05, 0) is 31.6 Å². The van der Waals surface area contributed by atoms with E-state index in [1.165, 1.54) is 6.08 Å². The van der Waals surface area contributed by atoms with Gasteiger partial charge in [0.15, 0.2) is 0 Å². The van der Waals surface area contributed by atoms with Crippen LogP contribution in [-0.2, 0) is 19.1 Å². The van der Waals surface area contributed by atoms with Crippen molar-refractivity contribution in [3.8, 4) is 0 Å². The zero-order valence-corrected chi connectivity index (χ0v) is 12.7. The molecule has 0 aliphatic carbocycles. The lowest BCUT2D eigenvalue weighted by Crippen LogP contribution is -2.38. The fraction of sp³-hybridized carbons (Fsp3) is 0.235. The summed E-state index contributed by atoms with van der Waals surface area (Å²) in [5.41, 5.74) is 5.77. The number of hydrogen-bond donors (Lipinski definition) is 1. The highest BCUT2D eigenvalue weighted by Gasteiger charge is 2.37. The number of hydrogen-bond acceptors (Lipinski definition) is 5. The molecule has 2 aliphatic rings. The van der Waals surface area contributed by atoms with Gasteiger partial charge in [-0.3, -0.25) is 4.79 Å². The summed E-state index contributed by atoms with van der Waals surface area (Å²) < 4.78 is 10.4. The highest BCUT2D eigenvalue weighted by atomic mass is 16.6. The van der Waals surface area contributed by atoms with E-state index in [1.807, 2.05) is 0 Å². The molecule has 0 unspecified atom stereocenters. The van der Waals surface area contributed by atoms with E-state index in [0.717, 1.165) is 0 Å². The molecule has 0 atom stereocenters. The normalized spacial score (nSPS) is 21.0. The molecule has 0 fully saturated rings. The van der Waals surface area contributed by atoms with Crippen molar-refractivity contribution in [1.29, 1.82) is 0 Å². The molecule has 1 aromatic carbocycles. The molecule has 0 spiro atoms. The average molecular weight is 313 g/mol.